The molecular weight excluding hydrogens is 452 g/mol. The van der Waals surface area contributed by atoms with Crippen LogP contribution in [0.1, 0.15) is 19.2 Å². The van der Waals surface area contributed by atoms with Gasteiger partial charge in [-0.1, -0.05) is 42.4 Å². The predicted octanol–water partition coefficient (Wildman–Crippen LogP) is 5.06. The third-order valence-electron chi connectivity index (χ3n) is 4.98. The average molecular weight is 475 g/mol. The van der Waals surface area contributed by atoms with Crippen LogP contribution in [0.2, 0.25) is 5.02 Å². The van der Waals surface area contributed by atoms with Gasteiger partial charge in [0.05, 0.1) is 11.4 Å². The van der Waals surface area contributed by atoms with Crippen LogP contribution in [0.25, 0.3) is 0 Å². The zero-order valence-electron chi connectivity index (χ0n) is 17.3. The second kappa shape index (κ2) is 9.97. The van der Waals surface area contributed by atoms with Crippen LogP contribution in [0.15, 0.2) is 58.6 Å². The van der Waals surface area contributed by atoms with E-state index in [-0.39, 0.29) is 12.5 Å². The van der Waals surface area contributed by atoms with Crippen molar-refractivity contribution in [3.05, 3.63) is 59.4 Å². The van der Waals surface area contributed by atoms with Gasteiger partial charge in [-0.05, 0) is 42.8 Å². The third-order valence-corrected chi connectivity index (χ3v) is 7.47. The molecule has 2 aromatic carbocycles. The second-order valence-corrected chi connectivity index (χ2v) is 10.1. The predicted molar refractivity (Wildman–Crippen MR) is 126 cm³/mol. The van der Waals surface area contributed by atoms with Crippen LogP contribution in [0.5, 0.6) is 5.75 Å². The Bertz CT molecular complexity index is 1060. The molecule has 4 rings (SSSR count). The Kier molecular flexibility index (Phi) is 7.09. The van der Waals surface area contributed by atoms with Gasteiger partial charge in [-0.3, -0.25) is 4.79 Å². The molecule has 0 bridgehead atoms. The van der Waals surface area contributed by atoms with Crippen molar-refractivity contribution in [1.29, 1.82) is 0 Å². The molecule has 1 aliphatic heterocycles. The lowest BCUT2D eigenvalue weighted by atomic mass is 10.2. The molecule has 0 radical (unpaired) electrons. The molecule has 1 atom stereocenters. The van der Waals surface area contributed by atoms with Crippen LogP contribution in [-0.4, -0.2) is 38.2 Å². The second-order valence-electron chi connectivity index (χ2n) is 7.22. The van der Waals surface area contributed by atoms with Crippen molar-refractivity contribution in [1.82, 2.24) is 14.8 Å². The number of hydrogen-bond donors (Lipinski definition) is 0. The minimum atomic E-state index is 0.0779. The minimum Gasteiger partial charge on any atom is -0.486 e. The van der Waals surface area contributed by atoms with Gasteiger partial charge in [0.1, 0.15) is 12.4 Å². The number of benzene rings is 2. The Morgan fingerprint density at radius 3 is 2.81 bits per heavy atom. The molecule has 1 aromatic heterocycles. The zero-order chi connectivity index (χ0) is 21.8. The highest BCUT2D eigenvalue weighted by molar-refractivity contribution is 8.00. The van der Waals surface area contributed by atoms with E-state index in [0.717, 1.165) is 23.5 Å². The lowest BCUT2D eigenvalue weighted by Gasteiger charge is -2.22. The normalized spacial score (nSPS) is 16.0. The Labute approximate surface area is 195 Å². The van der Waals surface area contributed by atoms with E-state index in [4.69, 9.17) is 16.3 Å². The van der Waals surface area contributed by atoms with Crippen molar-refractivity contribution in [3.63, 3.8) is 0 Å². The van der Waals surface area contributed by atoms with E-state index >= 15 is 0 Å². The van der Waals surface area contributed by atoms with E-state index in [0.29, 0.717) is 32.8 Å². The molecule has 0 unspecified atom stereocenters. The van der Waals surface area contributed by atoms with Crippen LogP contribution in [-0.2, 0) is 18.4 Å². The molecule has 0 aliphatic carbocycles. The molecule has 6 nitrogen and oxygen atoms in total. The first kappa shape index (κ1) is 22.0. The monoisotopic (exact) mass is 474 g/mol. The summed E-state index contributed by atoms with van der Waals surface area (Å²) < 4.78 is 7.62. The molecule has 31 heavy (non-hydrogen) atoms. The number of rotatable bonds is 6. The van der Waals surface area contributed by atoms with E-state index in [1.165, 1.54) is 11.8 Å². The Hall–Kier alpha value is -2.16. The number of ether oxygens (including phenoxy) is 1. The largest absolute Gasteiger partial charge is 0.486 e. The van der Waals surface area contributed by atoms with Gasteiger partial charge in [0.25, 0.3) is 0 Å². The fourth-order valence-electron chi connectivity index (χ4n) is 3.23. The number of carbonyl (C=O) groups is 1. The van der Waals surface area contributed by atoms with Gasteiger partial charge in [0.2, 0.25) is 5.91 Å². The van der Waals surface area contributed by atoms with E-state index < -0.39 is 0 Å². The van der Waals surface area contributed by atoms with E-state index in [1.807, 2.05) is 58.6 Å². The summed E-state index contributed by atoms with van der Waals surface area (Å²) in [6.07, 6.45) is 0.964. The number of para-hydroxylation sites is 1. The third kappa shape index (κ3) is 5.37. The molecule has 0 fully saturated rings. The lowest BCUT2D eigenvalue weighted by Crippen LogP contribution is -2.33. The Morgan fingerprint density at radius 2 is 2.00 bits per heavy atom. The van der Waals surface area contributed by atoms with Crippen molar-refractivity contribution in [3.8, 4) is 5.75 Å². The maximum absolute atomic E-state index is 13.1. The highest BCUT2D eigenvalue weighted by Gasteiger charge is 2.24. The molecule has 0 saturated heterocycles. The number of aromatic nitrogens is 3. The minimum absolute atomic E-state index is 0.0779. The molecule has 9 heteroatoms. The van der Waals surface area contributed by atoms with Crippen LogP contribution in [0.4, 0.5) is 5.69 Å². The number of thioether (sulfide) groups is 2. The van der Waals surface area contributed by atoms with Gasteiger partial charge in [0, 0.05) is 28.8 Å². The number of halogens is 1. The first-order chi connectivity index (χ1) is 15.0. The highest BCUT2D eigenvalue weighted by atomic mass is 35.5. The molecule has 1 aliphatic rings. The quantitative estimate of drug-likeness (QED) is 0.465. The standard InChI is InChI=1S/C22H23ClN4O2S2/c1-15-11-12-27(18-5-3-4-6-19(18)31-15)21(28)14-30-22-25-24-20(26(22)2)13-29-17-9-7-16(23)8-10-17/h3-10,15H,11-14H2,1-2H3/t15-/m1/s1. The number of amides is 1. The number of fused-ring (bicyclic) bond motifs is 1. The number of hydrogen-bond acceptors (Lipinski definition) is 6. The smallest absolute Gasteiger partial charge is 0.237 e. The van der Waals surface area contributed by atoms with Crippen molar-refractivity contribution in [2.75, 3.05) is 17.2 Å². The fourth-order valence-corrected chi connectivity index (χ4v) is 5.27. The molecule has 2 heterocycles. The first-order valence-corrected chi connectivity index (χ1v) is 12.2. The molecule has 0 saturated carbocycles. The summed E-state index contributed by atoms with van der Waals surface area (Å²) in [5.74, 6) is 1.78. The summed E-state index contributed by atoms with van der Waals surface area (Å²) in [7, 11) is 1.88. The van der Waals surface area contributed by atoms with Gasteiger partial charge >= 0.3 is 0 Å². The summed E-state index contributed by atoms with van der Waals surface area (Å²) >= 11 is 9.12. The number of anilines is 1. The maximum Gasteiger partial charge on any atom is 0.237 e. The molecule has 162 valence electrons. The van der Waals surface area contributed by atoms with E-state index in [2.05, 4.69) is 23.2 Å². The summed E-state index contributed by atoms with van der Waals surface area (Å²) in [6.45, 7) is 3.22. The van der Waals surface area contributed by atoms with E-state index in [9.17, 15) is 4.79 Å². The summed E-state index contributed by atoms with van der Waals surface area (Å²) in [6, 6.07) is 15.3. The van der Waals surface area contributed by atoms with Crippen LogP contribution >= 0.6 is 35.1 Å². The topological polar surface area (TPSA) is 60.3 Å². The van der Waals surface area contributed by atoms with Gasteiger partial charge in [-0.2, -0.15) is 0 Å². The molecule has 0 spiro atoms. The SMILES string of the molecule is C[C@@H]1CCN(C(=O)CSc2nnc(COc3ccc(Cl)cc3)n2C)c2ccccc2S1. The Balaban J connectivity index is 1.38. The number of carbonyl (C=O) groups excluding carboxylic acids is 1. The van der Waals surface area contributed by atoms with E-state index in [1.54, 1.807) is 12.1 Å². The summed E-state index contributed by atoms with van der Waals surface area (Å²) in [5, 5.41) is 10.3. The van der Waals surface area contributed by atoms with Crippen molar-refractivity contribution in [2.45, 2.75) is 35.3 Å². The molecule has 3 aromatic rings. The van der Waals surface area contributed by atoms with Gasteiger partial charge < -0.3 is 14.2 Å². The van der Waals surface area contributed by atoms with Crippen molar-refractivity contribution in [2.24, 2.45) is 7.05 Å². The fraction of sp³-hybridized carbons (Fsp3) is 0.318. The van der Waals surface area contributed by atoms with Crippen LogP contribution in [0.3, 0.4) is 0 Å². The van der Waals surface area contributed by atoms with Gasteiger partial charge in [-0.25, -0.2) is 0 Å². The van der Waals surface area contributed by atoms with Crippen molar-refractivity contribution >= 4 is 46.7 Å². The zero-order valence-corrected chi connectivity index (χ0v) is 19.7. The van der Waals surface area contributed by atoms with Crippen LogP contribution < -0.4 is 9.64 Å². The molecule has 1 amide bonds. The molecular formula is C22H23ClN4O2S2. The molecule has 0 N–H and O–H groups in total. The average Bonchev–Trinajstić information content (AvgIpc) is 3.02. The summed E-state index contributed by atoms with van der Waals surface area (Å²) in [4.78, 5) is 16.1. The maximum atomic E-state index is 13.1. The van der Waals surface area contributed by atoms with Crippen molar-refractivity contribution < 1.29 is 9.53 Å². The van der Waals surface area contributed by atoms with Gasteiger partial charge in [0.15, 0.2) is 11.0 Å². The van der Waals surface area contributed by atoms with Gasteiger partial charge in [-0.15, -0.1) is 22.0 Å². The number of nitrogens with zero attached hydrogens (tertiary/aromatic N) is 4. The summed E-state index contributed by atoms with van der Waals surface area (Å²) in [5.41, 5.74) is 0.998. The lowest BCUT2D eigenvalue weighted by molar-refractivity contribution is -0.116. The first-order valence-electron chi connectivity index (χ1n) is 9.97. The van der Waals surface area contributed by atoms with Crippen LogP contribution in [0, 0.1) is 0 Å². The Morgan fingerprint density at radius 1 is 1.23 bits per heavy atom. The highest BCUT2D eigenvalue weighted by Crippen LogP contribution is 2.37.